The molecule has 0 N–H and O–H groups in total. The van der Waals surface area contributed by atoms with E-state index < -0.39 is 0 Å². The van der Waals surface area contributed by atoms with Crippen LogP contribution in [0.3, 0.4) is 0 Å². The first-order valence-corrected chi connectivity index (χ1v) is 4.06. The molecule has 1 heterocycles. The molecule has 0 spiro atoms. The van der Waals surface area contributed by atoms with Crippen LogP contribution >= 0.6 is 0 Å². The highest BCUT2D eigenvalue weighted by molar-refractivity contribution is 5.36. The lowest BCUT2D eigenvalue weighted by Gasteiger charge is -2.18. The second kappa shape index (κ2) is 2.77. The minimum absolute atomic E-state index is 0.0225. The van der Waals surface area contributed by atoms with E-state index in [9.17, 15) is 0 Å². The molecule has 2 nitrogen and oxygen atoms in total. The van der Waals surface area contributed by atoms with Gasteiger partial charge in [0.25, 0.3) is 0 Å². The van der Waals surface area contributed by atoms with Crippen molar-refractivity contribution in [2.75, 3.05) is 0 Å². The second-order valence-electron chi connectivity index (χ2n) is 3.47. The number of rotatable bonds is 1. The quantitative estimate of drug-likeness (QED) is 0.547. The summed E-state index contributed by atoms with van der Waals surface area (Å²) in [4.78, 5) is 3.83. The van der Waals surface area contributed by atoms with Crippen LogP contribution in [0.15, 0.2) is 28.3 Å². The van der Waals surface area contributed by atoms with Gasteiger partial charge in [-0.25, -0.2) is 4.99 Å². The Labute approximate surface area is 73.6 Å². The third-order valence-corrected chi connectivity index (χ3v) is 2.49. The van der Waals surface area contributed by atoms with Crippen LogP contribution in [0.4, 0.5) is 0 Å². The topological polar surface area (TPSA) is 21.6 Å². The van der Waals surface area contributed by atoms with Crippen LogP contribution in [0.1, 0.15) is 27.7 Å². The predicted octanol–water partition coefficient (Wildman–Crippen LogP) is 2.88. The molecule has 0 bridgehead atoms. The van der Waals surface area contributed by atoms with Gasteiger partial charge < -0.3 is 4.74 Å². The Morgan fingerprint density at radius 3 is 2.33 bits per heavy atom. The Bertz CT molecular complexity index is 272. The monoisotopic (exact) mass is 165 g/mol. The average Bonchev–Trinajstić information content (AvgIpc) is 2.25. The molecule has 0 aromatic carbocycles. The first kappa shape index (κ1) is 9.04. The Morgan fingerprint density at radius 1 is 1.50 bits per heavy atom. The zero-order chi connectivity index (χ0) is 9.35. The van der Waals surface area contributed by atoms with Crippen molar-refractivity contribution in [2.45, 2.75) is 27.7 Å². The molecule has 12 heavy (non-hydrogen) atoms. The molecule has 1 aliphatic rings. The molecule has 0 aromatic heterocycles. The molecule has 0 saturated heterocycles. The Morgan fingerprint density at radius 2 is 2.08 bits per heavy atom. The molecule has 0 unspecified atom stereocenters. The van der Waals surface area contributed by atoms with E-state index in [0.29, 0.717) is 5.88 Å². The molecular formula is C10H15NO. The lowest BCUT2D eigenvalue weighted by Crippen LogP contribution is -2.11. The van der Waals surface area contributed by atoms with Crippen LogP contribution in [0.2, 0.25) is 0 Å². The lowest BCUT2D eigenvalue weighted by atomic mass is 9.85. The SMILES string of the molecule is C=NC1=C(C)C(C)(C)/C(=C\C)O1. The number of aliphatic imine (C=N–C) groups is 1. The molecule has 0 fully saturated rings. The van der Waals surface area contributed by atoms with Gasteiger partial charge in [0.15, 0.2) is 0 Å². The van der Waals surface area contributed by atoms with Gasteiger partial charge in [-0.2, -0.15) is 0 Å². The third kappa shape index (κ3) is 1.07. The molecule has 0 atom stereocenters. The van der Waals surface area contributed by atoms with Crippen molar-refractivity contribution < 1.29 is 4.74 Å². The maximum atomic E-state index is 5.50. The van der Waals surface area contributed by atoms with E-state index in [1.54, 1.807) is 0 Å². The summed E-state index contributed by atoms with van der Waals surface area (Å²) in [5.41, 5.74) is 1.12. The van der Waals surface area contributed by atoms with Crippen molar-refractivity contribution in [3.8, 4) is 0 Å². The number of hydrogen-bond donors (Lipinski definition) is 0. The zero-order valence-corrected chi connectivity index (χ0v) is 8.14. The van der Waals surface area contributed by atoms with E-state index in [2.05, 4.69) is 25.6 Å². The zero-order valence-electron chi connectivity index (χ0n) is 8.14. The summed E-state index contributed by atoms with van der Waals surface area (Å²) in [7, 11) is 0. The lowest BCUT2D eigenvalue weighted by molar-refractivity contribution is 0.275. The molecule has 0 radical (unpaired) electrons. The third-order valence-electron chi connectivity index (χ3n) is 2.49. The summed E-state index contributed by atoms with van der Waals surface area (Å²) in [6, 6.07) is 0. The first-order valence-electron chi connectivity index (χ1n) is 4.06. The summed E-state index contributed by atoms with van der Waals surface area (Å²) in [6.45, 7) is 11.7. The van der Waals surface area contributed by atoms with E-state index >= 15 is 0 Å². The maximum absolute atomic E-state index is 5.50. The van der Waals surface area contributed by atoms with Crippen LogP contribution in [0.25, 0.3) is 0 Å². The molecule has 1 aliphatic heterocycles. The molecule has 0 amide bonds. The van der Waals surface area contributed by atoms with Crippen LogP contribution in [0.5, 0.6) is 0 Å². The normalized spacial score (nSPS) is 24.5. The highest BCUT2D eigenvalue weighted by Gasteiger charge is 2.36. The first-order chi connectivity index (χ1) is 5.54. The van der Waals surface area contributed by atoms with E-state index in [0.717, 1.165) is 11.3 Å². The summed E-state index contributed by atoms with van der Waals surface area (Å²) in [5, 5.41) is 0. The summed E-state index contributed by atoms with van der Waals surface area (Å²) in [6.07, 6.45) is 1.97. The Kier molecular flexibility index (Phi) is 2.09. The largest absolute Gasteiger partial charge is 0.443 e. The highest BCUT2D eigenvalue weighted by Crippen LogP contribution is 2.44. The van der Waals surface area contributed by atoms with Gasteiger partial charge >= 0.3 is 0 Å². The molecular weight excluding hydrogens is 150 g/mol. The summed E-state index contributed by atoms with van der Waals surface area (Å²) in [5.74, 6) is 1.62. The molecule has 1 rings (SSSR count). The van der Waals surface area contributed by atoms with Gasteiger partial charge in [0, 0.05) is 11.0 Å². The van der Waals surface area contributed by atoms with Crippen LogP contribution in [-0.2, 0) is 4.74 Å². The van der Waals surface area contributed by atoms with E-state index in [-0.39, 0.29) is 5.41 Å². The fourth-order valence-electron chi connectivity index (χ4n) is 1.33. The van der Waals surface area contributed by atoms with E-state index in [1.807, 2.05) is 19.9 Å². The van der Waals surface area contributed by atoms with Gasteiger partial charge in [-0.1, -0.05) is 0 Å². The Hall–Kier alpha value is -1.05. The molecule has 0 aromatic rings. The van der Waals surface area contributed by atoms with Gasteiger partial charge in [0.1, 0.15) is 5.76 Å². The van der Waals surface area contributed by atoms with Crippen molar-refractivity contribution in [1.29, 1.82) is 0 Å². The van der Waals surface area contributed by atoms with E-state index in [4.69, 9.17) is 4.74 Å². The number of allylic oxidation sites excluding steroid dienone is 2. The summed E-state index contributed by atoms with van der Waals surface area (Å²) < 4.78 is 5.50. The maximum Gasteiger partial charge on any atom is 0.218 e. The van der Waals surface area contributed by atoms with Crippen molar-refractivity contribution >= 4 is 6.72 Å². The molecule has 66 valence electrons. The van der Waals surface area contributed by atoms with Crippen molar-refractivity contribution in [2.24, 2.45) is 10.4 Å². The Balaban J connectivity index is 3.14. The van der Waals surface area contributed by atoms with Gasteiger partial charge in [-0.15, -0.1) is 0 Å². The van der Waals surface area contributed by atoms with Gasteiger partial charge in [-0.3, -0.25) is 0 Å². The number of hydrogen-bond acceptors (Lipinski definition) is 2. The average molecular weight is 165 g/mol. The van der Waals surface area contributed by atoms with Gasteiger partial charge in [0.2, 0.25) is 5.88 Å². The fraction of sp³-hybridized carbons (Fsp3) is 0.500. The number of nitrogens with zero attached hydrogens (tertiary/aromatic N) is 1. The second-order valence-corrected chi connectivity index (χ2v) is 3.47. The van der Waals surface area contributed by atoms with Gasteiger partial charge in [0.05, 0.1) is 0 Å². The molecule has 2 heteroatoms. The van der Waals surface area contributed by atoms with Crippen molar-refractivity contribution in [1.82, 2.24) is 0 Å². The van der Waals surface area contributed by atoms with Crippen molar-refractivity contribution in [3.63, 3.8) is 0 Å². The highest BCUT2D eigenvalue weighted by atomic mass is 16.5. The summed E-state index contributed by atoms with van der Waals surface area (Å²) >= 11 is 0. The predicted molar refractivity (Wildman–Crippen MR) is 50.9 cm³/mol. The fourth-order valence-corrected chi connectivity index (χ4v) is 1.33. The molecule has 0 aliphatic carbocycles. The van der Waals surface area contributed by atoms with Crippen LogP contribution in [0, 0.1) is 5.41 Å². The minimum Gasteiger partial charge on any atom is -0.443 e. The number of ether oxygens (including phenoxy) is 1. The van der Waals surface area contributed by atoms with Crippen LogP contribution < -0.4 is 0 Å². The van der Waals surface area contributed by atoms with Crippen LogP contribution in [-0.4, -0.2) is 6.72 Å². The molecule has 0 saturated carbocycles. The van der Waals surface area contributed by atoms with Gasteiger partial charge in [-0.05, 0) is 40.5 Å². The standard InChI is InChI=1S/C10H15NO/c1-6-8-10(3,4)7(2)9(11-5)12-8/h6H,5H2,1-4H3/b8-6+. The minimum atomic E-state index is -0.0225. The van der Waals surface area contributed by atoms with Crippen molar-refractivity contribution in [3.05, 3.63) is 23.3 Å². The smallest absolute Gasteiger partial charge is 0.218 e. The van der Waals surface area contributed by atoms with E-state index in [1.165, 1.54) is 0 Å².